The van der Waals surface area contributed by atoms with Gasteiger partial charge < -0.3 is 10.3 Å². The molecule has 0 amide bonds. The number of H-pyrrole nitrogens is 1. The van der Waals surface area contributed by atoms with Crippen molar-refractivity contribution >= 4 is 10.9 Å². The van der Waals surface area contributed by atoms with Gasteiger partial charge in [-0.25, -0.2) is 4.39 Å². The fraction of sp³-hybridized carbons (Fsp3) is 0.333. The average Bonchev–Trinajstić information content (AvgIpc) is 2.68. The van der Waals surface area contributed by atoms with Crippen molar-refractivity contribution in [3.63, 3.8) is 0 Å². The van der Waals surface area contributed by atoms with Crippen molar-refractivity contribution < 1.29 is 4.39 Å². The zero-order valence-electron chi connectivity index (χ0n) is 8.59. The van der Waals surface area contributed by atoms with E-state index >= 15 is 0 Å². The third-order valence-electron chi connectivity index (χ3n) is 2.52. The molecular weight excluding hydrogens is 191 g/mol. The summed E-state index contributed by atoms with van der Waals surface area (Å²) in [6.45, 7) is 0.974. The van der Waals surface area contributed by atoms with E-state index in [1.807, 2.05) is 18.3 Å². The second-order valence-electron chi connectivity index (χ2n) is 3.55. The molecule has 0 spiro atoms. The third-order valence-corrected chi connectivity index (χ3v) is 2.52. The first-order valence-corrected chi connectivity index (χ1v) is 5.23. The van der Waals surface area contributed by atoms with E-state index in [9.17, 15) is 4.39 Å². The molecule has 2 nitrogen and oxygen atoms in total. The standard InChI is InChI=1S/C12H15FN2/c13-6-8-14-7-5-10-9-15-12-4-2-1-3-11(10)12/h1-4,9,14-15H,5-8H2. The number of rotatable bonds is 5. The van der Waals surface area contributed by atoms with Crippen molar-refractivity contribution in [3.8, 4) is 0 Å². The lowest BCUT2D eigenvalue weighted by Crippen LogP contribution is -2.19. The van der Waals surface area contributed by atoms with Gasteiger partial charge >= 0.3 is 0 Å². The number of hydrogen-bond donors (Lipinski definition) is 2. The number of aromatic amines is 1. The van der Waals surface area contributed by atoms with Crippen molar-refractivity contribution in [1.82, 2.24) is 10.3 Å². The molecule has 0 aliphatic carbocycles. The number of fused-ring (bicyclic) bond motifs is 1. The molecule has 80 valence electrons. The van der Waals surface area contributed by atoms with E-state index in [0.29, 0.717) is 6.54 Å². The molecule has 1 aromatic carbocycles. The summed E-state index contributed by atoms with van der Waals surface area (Å²) in [6.07, 6.45) is 2.96. The fourth-order valence-corrected chi connectivity index (χ4v) is 1.75. The monoisotopic (exact) mass is 206 g/mol. The van der Waals surface area contributed by atoms with Gasteiger partial charge in [0, 0.05) is 23.6 Å². The van der Waals surface area contributed by atoms with Crippen LogP contribution in [0.15, 0.2) is 30.5 Å². The minimum absolute atomic E-state index is 0.298. The van der Waals surface area contributed by atoms with Crippen molar-refractivity contribution in [2.75, 3.05) is 19.8 Å². The van der Waals surface area contributed by atoms with Crippen LogP contribution in [0, 0.1) is 0 Å². The number of aromatic nitrogens is 1. The molecule has 0 saturated heterocycles. The Hall–Kier alpha value is -1.35. The summed E-state index contributed by atoms with van der Waals surface area (Å²) in [6, 6.07) is 8.22. The Morgan fingerprint density at radius 1 is 1.20 bits per heavy atom. The number of benzene rings is 1. The highest BCUT2D eigenvalue weighted by Gasteiger charge is 2.01. The Morgan fingerprint density at radius 3 is 2.93 bits per heavy atom. The second kappa shape index (κ2) is 4.94. The summed E-state index contributed by atoms with van der Waals surface area (Å²) in [5.41, 5.74) is 2.45. The van der Waals surface area contributed by atoms with Gasteiger partial charge in [-0.15, -0.1) is 0 Å². The molecule has 0 fully saturated rings. The molecule has 1 aromatic heterocycles. The maximum Gasteiger partial charge on any atom is 0.102 e. The van der Waals surface area contributed by atoms with Gasteiger partial charge in [0.15, 0.2) is 0 Å². The number of alkyl halides is 1. The summed E-state index contributed by atoms with van der Waals surface area (Å²) < 4.78 is 11.8. The van der Waals surface area contributed by atoms with Crippen molar-refractivity contribution in [1.29, 1.82) is 0 Å². The van der Waals surface area contributed by atoms with Crippen molar-refractivity contribution in [3.05, 3.63) is 36.0 Å². The summed E-state index contributed by atoms with van der Waals surface area (Å²) in [4.78, 5) is 3.23. The van der Waals surface area contributed by atoms with Crippen LogP contribution in [0.3, 0.4) is 0 Å². The predicted molar refractivity (Wildman–Crippen MR) is 60.8 cm³/mol. The Labute approximate surface area is 88.5 Å². The van der Waals surface area contributed by atoms with Gasteiger partial charge in [0.25, 0.3) is 0 Å². The third kappa shape index (κ3) is 2.36. The van der Waals surface area contributed by atoms with Crippen molar-refractivity contribution in [2.24, 2.45) is 0 Å². The molecule has 2 rings (SSSR count). The Bertz CT molecular complexity index is 422. The zero-order valence-corrected chi connectivity index (χ0v) is 8.59. The molecule has 1 heterocycles. The minimum Gasteiger partial charge on any atom is -0.361 e. The molecule has 3 heteroatoms. The fourth-order valence-electron chi connectivity index (χ4n) is 1.75. The number of halogens is 1. The number of hydrogen-bond acceptors (Lipinski definition) is 1. The number of para-hydroxylation sites is 1. The van der Waals surface area contributed by atoms with E-state index in [4.69, 9.17) is 0 Å². The van der Waals surface area contributed by atoms with Gasteiger partial charge in [-0.3, -0.25) is 0 Å². The van der Waals surface area contributed by atoms with Crippen LogP contribution in [0.25, 0.3) is 10.9 Å². The van der Waals surface area contributed by atoms with Crippen LogP contribution < -0.4 is 5.32 Å². The Kier molecular flexibility index (Phi) is 3.35. The van der Waals surface area contributed by atoms with E-state index in [-0.39, 0.29) is 6.67 Å². The molecule has 0 bridgehead atoms. The lowest BCUT2D eigenvalue weighted by molar-refractivity contribution is 0.468. The van der Waals surface area contributed by atoms with E-state index in [1.165, 1.54) is 10.9 Å². The zero-order chi connectivity index (χ0) is 10.5. The molecular formula is C12H15FN2. The van der Waals surface area contributed by atoms with Gasteiger partial charge in [-0.1, -0.05) is 18.2 Å². The highest BCUT2D eigenvalue weighted by Crippen LogP contribution is 2.17. The van der Waals surface area contributed by atoms with Crippen molar-refractivity contribution in [2.45, 2.75) is 6.42 Å². The van der Waals surface area contributed by atoms with E-state index in [2.05, 4.69) is 22.4 Å². The lowest BCUT2D eigenvalue weighted by atomic mass is 10.1. The highest BCUT2D eigenvalue weighted by molar-refractivity contribution is 5.83. The van der Waals surface area contributed by atoms with Crippen LogP contribution in [-0.4, -0.2) is 24.7 Å². The molecule has 2 N–H and O–H groups in total. The molecule has 0 aliphatic heterocycles. The minimum atomic E-state index is -0.298. The van der Waals surface area contributed by atoms with Gasteiger partial charge in [0.05, 0.1) is 0 Å². The summed E-state index contributed by atoms with van der Waals surface area (Å²) in [5, 5.41) is 4.31. The van der Waals surface area contributed by atoms with Gasteiger partial charge in [-0.05, 0) is 24.6 Å². The molecule has 0 saturated carbocycles. The maximum atomic E-state index is 11.8. The maximum absolute atomic E-state index is 11.8. The topological polar surface area (TPSA) is 27.8 Å². The van der Waals surface area contributed by atoms with Gasteiger partial charge in [-0.2, -0.15) is 0 Å². The van der Waals surface area contributed by atoms with Crippen LogP contribution in [0.2, 0.25) is 0 Å². The van der Waals surface area contributed by atoms with Crippen LogP contribution in [0.1, 0.15) is 5.56 Å². The van der Waals surface area contributed by atoms with E-state index in [1.54, 1.807) is 0 Å². The summed E-state index contributed by atoms with van der Waals surface area (Å²) >= 11 is 0. The quantitative estimate of drug-likeness (QED) is 0.722. The van der Waals surface area contributed by atoms with Crippen LogP contribution in [0.4, 0.5) is 4.39 Å². The molecule has 15 heavy (non-hydrogen) atoms. The Morgan fingerprint density at radius 2 is 2.07 bits per heavy atom. The van der Waals surface area contributed by atoms with Gasteiger partial charge in [0.1, 0.15) is 6.67 Å². The smallest absolute Gasteiger partial charge is 0.102 e. The lowest BCUT2D eigenvalue weighted by Gasteiger charge is -2.00. The second-order valence-corrected chi connectivity index (χ2v) is 3.55. The largest absolute Gasteiger partial charge is 0.361 e. The first-order valence-electron chi connectivity index (χ1n) is 5.23. The highest BCUT2D eigenvalue weighted by atomic mass is 19.1. The van der Waals surface area contributed by atoms with E-state index < -0.39 is 0 Å². The summed E-state index contributed by atoms with van der Waals surface area (Å²) in [5.74, 6) is 0. The molecule has 0 unspecified atom stereocenters. The summed E-state index contributed by atoms with van der Waals surface area (Å²) in [7, 11) is 0. The molecule has 0 atom stereocenters. The first kappa shape index (κ1) is 10.2. The normalized spacial score (nSPS) is 11.0. The van der Waals surface area contributed by atoms with E-state index in [0.717, 1.165) is 18.5 Å². The van der Waals surface area contributed by atoms with Gasteiger partial charge in [0.2, 0.25) is 0 Å². The van der Waals surface area contributed by atoms with Crippen LogP contribution in [0.5, 0.6) is 0 Å². The van der Waals surface area contributed by atoms with Crippen LogP contribution >= 0.6 is 0 Å². The predicted octanol–water partition coefficient (Wildman–Crippen LogP) is 2.27. The SMILES string of the molecule is FCCNCCc1c[nH]c2ccccc12. The average molecular weight is 206 g/mol. The Balaban J connectivity index is 2.02. The molecule has 0 aliphatic rings. The molecule has 2 aromatic rings. The number of nitrogens with one attached hydrogen (secondary N) is 2. The first-order chi connectivity index (χ1) is 7.42. The van der Waals surface area contributed by atoms with Crippen LogP contribution in [-0.2, 0) is 6.42 Å². The molecule has 0 radical (unpaired) electrons.